The highest BCUT2D eigenvalue weighted by atomic mass is 35.5. The lowest BCUT2D eigenvalue weighted by molar-refractivity contribution is 1.04. The van der Waals surface area contributed by atoms with Crippen molar-refractivity contribution >= 4 is 23.0 Å². The van der Waals surface area contributed by atoms with Crippen LogP contribution in [0.25, 0.3) is 0 Å². The van der Waals surface area contributed by atoms with Gasteiger partial charge in [-0.3, -0.25) is 4.98 Å². The van der Waals surface area contributed by atoms with Crippen molar-refractivity contribution in [2.75, 3.05) is 11.1 Å². The van der Waals surface area contributed by atoms with Crippen LogP contribution < -0.4 is 11.1 Å². The van der Waals surface area contributed by atoms with Crippen molar-refractivity contribution in [3.8, 4) is 0 Å². The van der Waals surface area contributed by atoms with Gasteiger partial charge in [-0.05, 0) is 18.2 Å². The van der Waals surface area contributed by atoms with Crippen LogP contribution in [0.15, 0.2) is 36.7 Å². The summed E-state index contributed by atoms with van der Waals surface area (Å²) < 4.78 is 0. The molecular weight excluding hydrogens is 224 g/mol. The Morgan fingerprint density at radius 3 is 2.81 bits per heavy atom. The van der Waals surface area contributed by atoms with Crippen LogP contribution in [0, 0.1) is 0 Å². The average Bonchev–Trinajstić information content (AvgIpc) is 2.32. The molecule has 0 bridgehead atoms. The van der Waals surface area contributed by atoms with Crippen molar-refractivity contribution in [2.45, 2.75) is 6.54 Å². The highest BCUT2D eigenvalue weighted by Gasteiger charge is 2.03. The smallest absolute Gasteiger partial charge is 0.153 e. The molecule has 0 spiro atoms. The molecule has 82 valence electrons. The summed E-state index contributed by atoms with van der Waals surface area (Å²) >= 11 is 5.80. The van der Waals surface area contributed by atoms with Crippen LogP contribution in [0.3, 0.4) is 0 Å². The van der Waals surface area contributed by atoms with Gasteiger partial charge in [-0.15, -0.1) is 0 Å². The fourth-order valence-electron chi connectivity index (χ4n) is 1.29. The molecule has 2 aromatic heterocycles. The second-order valence-electron chi connectivity index (χ2n) is 3.24. The Morgan fingerprint density at radius 2 is 2.06 bits per heavy atom. The molecule has 0 amide bonds. The number of nitrogens with zero attached hydrogens (tertiary/aromatic N) is 2. The number of hydrogen-bond acceptors (Lipinski definition) is 4. The maximum Gasteiger partial charge on any atom is 0.153 e. The van der Waals surface area contributed by atoms with E-state index in [1.165, 1.54) is 0 Å². The summed E-state index contributed by atoms with van der Waals surface area (Å²) in [6.07, 6.45) is 3.36. The van der Waals surface area contributed by atoms with Crippen LogP contribution >= 0.6 is 11.6 Å². The predicted molar refractivity (Wildman–Crippen MR) is 65.2 cm³/mol. The van der Waals surface area contributed by atoms with Gasteiger partial charge in [0.25, 0.3) is 0 Å². The maximum absolute atomic E-state index is 5.80. The fourth-order valence-corrected chi connectivity index (χ4v) is 1.45. The zero-order valence-electron chi connectivity index (χ0n) is 8.52. The zero-order valence-corrected chi connectivity index (χ0v) is 9.28. The third-order valence-electron chi connectivity index (χ3n) is 2.13. The maximum atomic E-state index is 5.80. The van der Waals surface area contributed by atoms with Crippen LogP contribution in [0.5, 0.6) is 0 Å². The second kappa shape index (κ2) is 4.81. The standard InChI is InChI=1S/C11H11ClN4/c12-11-10(13)9(4-6-15-11)16-7-8-3-1-2-5-14-8/h1-6H,7,13H2,(H,15,16). The molecule has 0 aliphatic heterocycles. The Bertz CT molecular complexity index is 473. The highest BCUT2D eigenvalue weighted by Crippen LogP contribution is 2.24. The summed E-state index contributed by atoms with van der Waals surface area (Å²) in [5, 5.41) is 3.47. The normalized spacial score (nSPS) is 10.1. The predicted octanol–water partition coefficient (Wildman–Crippen LogP) is 2.32. The Balaban J connectivity index is 2.08. The first-order chi connectivity index (χ1) is 7.77. The first-order valence-electron chi connectivity index (χ1n) is 4.81. The second-order valence-corrected chi connectivity index (χ2v) is 3.60. The van der Waals surface area contributed by atoms with E-state index in [9.17, 15) is 0 Å². The minimum Gasteiger partial charge on any atom is -0.395 e. The van der Waals surface area contributed by atoms with Crippen LogP contribution in [-0.2, 0) is 6.54 Å². The molecule has 0 unspecified atom stereocenters. The third-order valence-corrected chi connectivity index (χ3v) is 2.43. The van der Waals surface area contributed by atoms with Crippen molar-refractivity contribution in [2.24, 2.45) is 0 Å². The minimum absolute atomic E-state index is 0.311. The van der Waals surface area contributed by atoms with E-state index < -0.39 is 0 Å². The van der Waals surface area contributed by atoms with Crippen LogP contribution in [-0.4, -0.2) is 9.97 Å². The molecule has 2 aromatic rings. The van der Waals surface area contributed by atoms with E-state index in [4.69, 9.17) is 17.3 Å². The molecule has 0 atom stereocenters. The summed E-state index contributed by atoms with van der Waals surface area (Å²) in [5.74, 6) is 0. The van der Waals surface area contributed by atoms with Gasteiger partial charge in [-0.25, -0.2) is 4.98 Å². The number of nitrogens with one attached hydrogen (secondary N) is 1. The lowest BCUT2D eigenvalue weighted by Crippen LogP contribution is -2.04. The number of pyridine rings is 2. The number of rotatable bonds is 3. The SMILES string of the molecule is Nc1c(NCc2ccccn2)ccnc1Cl. The average molecular weight is 235 g/mol. The van der Waals surface area contributed by atoms with E-state index in [1.807, 2.05) is 18.2 Å². The molecule has 3 N–H and O–H groups in total. The highest BCUT2D eigenvalue weighted by molar-refractivity contribution is 6.32. The topological polar surface area (TPSA) is 63.8 Å². The van der Waals surface area contributed by atoms with Gasteiger partial charge in [0.2, 0.25) is 0 Å². The molecule has 0 radical (unpaired) electrons. The zero-order chi connectivity index (χ0) is 11.4. The van der Waals surface area contributed by atoms with Gasteiger partial charge < -0.3 is 11.1 Å². The third kappa shape index (κ3) is 2.41. The summed E-state index contributed by atoms with van der Waals surface area (Å²) in [7, 11) is 0. The number of anilines is 2. The van der Waals surface area contributed by atoms with E-state index >= 15 is 0 Å². The van der Waals surface area contributed by atoms with Crippen molar-refractivity contribution in [1.29, 1.82) is 0 Å². The number of halogens is 1. The molecule has 0 saturated carbocycles. The molecule has 2 rings (SSSR count). The number of aromatic nitrogens is 2. The molecule has 0 aliphatic carbocycles. The molecule has 4 nitrogen and oxygen atoms in total. The number of nitrogens with two attached hydrogens (primary N) is 1. The Hall–Kier alpha value is -1.81. The summed E-state index contributed by atoms with van der Waals surface area (Å²) in [4.78, 5) is 8.07. The molecule has 0 fully saturated rings. The van der Waals surface area contributed by atoms with Gasteiger partial charge in [0.15, 0.2) is 5.15 Å². The van der Waals surface area contributed by atoms with E-state index in [1.54, 1.807) is 18.5 Å². The minimum atomic E-state index is 0.311. The van der Waals surface area contributed by atoms with Crippen molar-refractivity contribution in [1.82, 2.24) is 9.97 Å². The first kappa shape index (κ1) is 10.7. The van der Waals surface area contributed by atoms with Crippen molar-refractivity contribution in [3.63, 3.8) is 0 Å². The quantitative estimate of drug-likeness (QED) is 0.800. The molecular formula is C11H11ClN4. The Kier molecular flexibility index (Phi) is 3.22. The molecule has 0 aromatic carbocycles. The van der Waals surface area contributed by atoms with Gasteiger partial charge in [-0.2, -0.15) is 0 Å². The van der Waals surface area contributed by atoms with Crippen molar-refractivity contribution < 1.29 is 0 Å². The van der Waals surface area contributed by atoms with Gasteiger partial charge in [-0.1, -0.05) is 17.7 Å². The number of nitrogen functional groups attached to an aromatic ring is 1. The summed E-state index contributed by atoms with van der Waals surface area (Å²) in [6.45, 7) is 0.603. The summed E-state index contributed by atoms with van der Waals surface area (Å²) in [6, 6.07) is 7.53. The molecule has 2 heterocycles. The van der Waals surface area contributed by atoms with Crippen LogP contribution in [0.2, 0.25) is 5.15 Å². The Labute approximate surface area is 98.5 Å². The molecule has 0 aliphatic rings. The molecule has 16 heavy (non-hydrogen) atoms. The Morgan fingerprint density at radius 1 is 1.19 bits per heavy atom. The van der Waals surface area contributed by atoms with Gasteiger partial charge in [0.05, 0.1) is 23.6 Å². The lowest BCUT2D eigenvalue weighted by atomic mass is 10.3. The first-order valence-corrected chi connectivity index (χ1v) is 5.19. The molecule has 5 heteroatoms. The molecule has 0 saturated heterocycles. The van der Waals surface area contributed by atoms with Crippen LogP contribution in [0.1, 0.15) is 5.69 Å². The number of hydrogen-bond donors (Lipinski definition) is 2. The van der Waals surface area contributed by atoms with Crippen LogP contribution in [0.4, 0.5) is 11.4 Å². The van der Waals surface area contributed by atoms with E-state index in [0.29, 0.717) is 17.4 Å². The monoisotopic (exact) mass is 234 g/mol. The fraction of sp³-hybridized carbons (Fsp3) is 0.0909. The summed E-state index contributed by atoms with van der Waals surface area (Å²) in [5.41, 5.74) is 7.94. The van der Waals surface area contributed by atoms with E-state index in [-0.39, 0.29) is 0 Å². The lowest BCUT2D eigenvalue weighted by Gasteiger charge is -2.08. The van der Waals surface area contributed by atoms with Gasteiger partial charge in [0, 0.05) is 12.4 Å². The largest absolute Gasteiger partial charge is 0.395 e. The van der Waals surface area contributed by atoms with E-state index in [0.717, 1.165) is 11.4 Å². The van der Waals surface area contributed by atoms with Crippen molar-refractivity contribution in [3.05, 3.63) is 47.5 Å². The van der Waals surface area contributed by atoms with Gasteiger partial charge in [0.1, 0.15) is 0 Å². The van der Waals surface area contributed by atoms with E-state index in [2.05, 4.69) is 15.3 Å². The van der Waals surface area contributed by atoms with Gasteiger partial charge >= 0.3 is 0 Å².